The second-order valence-corrected chi connectivity index (χ2v) is 9.65. The molecule has 0 saturated carbocycles. The molecule has 0 radical (unpaired) electrons. The molecule has 0 unspecified atom stereocenters. The Labute approximate surface area is 158 Å². The Morgan fingerprint density at radius 1 is 0.923 bits per heavy atom. The van der Waals surface area contributed by atoms with E-state index < -0.39 is 0 Å². The van der Waals surface area contributed by atoms with E-state index in [1.807, 2.05) is 12.1 Å². The van der Waals surface area contributed by atoms with Crippen molar-refractivity contribution in [1.29, 1.82) is 0 Å². The molecule has 0 aliphatic carbocycles. The Balaban J connectivity index is 1.66. The zero-order valence-corrected chi connectivity index (χ0v) is 16.8. The van der Waals surface area contributed by atoms with E-state index in [2.05, 4.69) is 65.0 Å². The van der Waals surface area contributed by atoms with Gasteiger partial charge in [-0.2, -0.15) is 0 Å². The highest BCUT2D eigenvalue weighted by Gasteiger charge is 2.26. The standard InChI is InChI=1S/C22H24N2OS/c1-21(2,3)19-23-16-12-14(10-11-17(16)25-19)13-22(4,5)20-24-15-8-6-7-9-18(15)26-20/h6-12H,13H2,1-5H3. The largest absolute Gasteiger partial charge is 0.440 e. The highest BCUT2D eigenvalue weighted by atomic mass is 32.1. The van der Waals surface area contributed by atoms with Crippen molar-refractivity contribution >= 4 is 32.7 Å². The molecule has 4 rings (SSSR count). The number of para-hydroxylation sites is 1. The van der Waals surface area contributed by atoms with Gasteiger partial charge in [0.1, 0.15) is 5.52 Å². The summed E-state index contributed by atoms with van der Waals surface area (Å²) in [4.78, 5) is 9.57. The maximum atomic E-state index is 5.92. The second-order valence-electron chi connectivity index (χ2n) is 8.62. The van der Waals surface area contributed by atoms with Crippen LogP contribution in [0, 0.1) is 0 Å². The van der Waals surface area contributed by atoms with Crippen LogP contribution in [0.1, 0.15) is 51.1 Å². The van der Waals surface area contributed by atoms with Crippen molar-refractivity contribution in [2.24, 2.45) is 0 Å². The lowest BCUT2D eigenvalue weighted by atomic mass is 9.86. The van der Waals surface area contributed by atoms with Gasteiger partial charge in [0, 0.05) is 10.8 Å². The van der Waals surface area contributed by atoms with Gasteiger partial charge in [0.25, 0.3) is 0 Å². The van der Waals surface area contributed by atoms with Gasteiger partial charge in [-0.05, 0) is 36.2 Å². The van der Waals surface area contributed by atoms with E-state index in [0.29, 0.717) is 0 Å². The Morgan fingerprint density at radius 2 is 1.69 bits per heavy atom. The molecular formula is C22H24N2OS. The van der Waals surface area contributed by atoms with Crippen LogP contribution in [0.5, 0.6) is 0 Å². The molecule has 2 heterocycles. The van der Waals surface area contributed by atoms with Crippen LogP contribution in [-0.2, 0) is 17.3 Å². The molecule has 0 aliphatic heterocycles. The van der Waals surface area contributed by atoms with Gasteiger partial charge in [-0.15, -0.1) is 11.3 Å². The highest BCUT2D eigenvalue weighted by molar-refractivity contribution is 7.18. The van der Waals surface area contributed by atoms with Crippen molar-refractivity contribution in [2.75, 3.05) is 0 Å². The summed E-state index contributed by atoms with van der Waals surface area (Å²) in [5.41, 5.74) is 4.02. The first-order valence-electron chi connectivity index (χ1n) is 8.98. The summed E-state index contributed by atoms with van der Waals surface area (Å²) in [7, 11) is 0. The molecule has 3 nitrogen and oxygen atoms in total. The molecule has 0 amide bonds. The van der Waals surface area contributed by atoms with Gasteiger partial charge >= 0.3 is 0 Å². The molecule has 4 aromatic rings. The lowest BCUT2D eigenvalue weighted by Gasteiger charge is -2.21. The molecule has 0 N–H and O–H groups in total. The van der Waals surface area contributed by atoms with E-state index in [4.69, 9.17) is 14.4 Å². The number of hydrogen-bond donors (Lipinski definition) is 0. The van der Waals surface area contributed by atoms with Crippen molar-refractivity contribution < 1.29 is 4.42 Å². The summed E-state index contributed by atoms with van der Waals surface area (Å²) in [6.45, 7) is 10.9. The lowest BCUT2D eigenvalue weighted by Crippen LogP contribution is -2.20. The zero-order valence-electron chi connectivity index (χ0n) is 16.0. The molecule has 0 fully saturated rings. The number of oxazole rings is 1. The number of aromatic nitrogens is 2. The van der Waals surface area contributed by atoms with Crippen LogP contribution in [0.3, 0.4) is 0 Å². The summed E-state index contributed by atoms with van der Waals surface area (Å²) in [6, 6.07) is 14.7. The monoisotopic (exact) mass is 364 g/mol. The second kappa shape index (κ2) is 5.92. The van der Waals surface area contributed by atoms with Gasteiger partial charge < -0.3 is 4.42 Å². The fourth-order valence-corrected chi connectivity index (χ4v) is 4.22. The molecule has 26 heavy (non-hydrogen) atoms. The first-order valence-corrected chi connectivity index (χ1v) is 9.80. The Bertz CT molecular complexity index is 1050. The Kier molecular flexibility index (Phi) is 3.92. The summed E-state index contributed by atoms with van der Waals surface area (Å²) < 4.78 is 7.17. The van der Waals surface area contributed by atoms with Crippen LogP contribution in [0.25, 0.3) is 21.3 Å². The zero-order chi connectivity index (χ0) is 18.5. The fourth-order valence-electron chi connectivity index (χ4n) is 3.15. The van der Waals surface area contributed by atoms with Gasteiger partial charge in [-0.3, -0.25) is 0 Å². The van der Waals surface area contributed by atoms with E-state index in [1.54, 1.807) is 11.3 Å². The third-order valence-corrected chi connectivity index (χ3v) is 6.01. The van der Waals surface area contributed by atoms with E-state index in [0.717, 1.165) is 28.9 Å². The Hall–Kier alpha value is -2.20. The van der Waals surface area contributed by atoms with E-state index in [9.17, 15) is 0 Å². The third kappa shape index (κ3) is 3.14. The third-order valence-electron chi connectivity index (χ3n) is 4.61. The predicted octanol–water partition coefficient (Wildman–Crippen LogP) is 6.26. The predicted molar refractivity (Wildman–Crippen MR) is 109 cm³/mol. The fraction of sp³-hybridized carbons (Fsp3) is 0.364. The van der Waals surface area contributed by atoms with E-state index in [-0.39, 0.29) is 10.8 Å². The molecule has 0 saturated heterocycles. The van der Waals surface area contributed by atoms with Crippen LogP contribution < -0.4 is 0 Å². The number of nitrogens with zero attached hydrogens (tertiary/aromatic N) is 2. The summed E-state index contributed by atoms with van der Waals surface area (Å²) in [5, 5.41) is 1.18. The average Bonchev–Trinajstić information content (AvgIpc) is 3.18. The van der Waals surface area contributed by atoms with Crippen molar-refractivity contribution in [1.82, 2.24) is 9.97 Å². The number of thiazole rings is 1. The number of hydrogen-bond acceptors (Lipinski definition) is 4. The first-order chi connectivity index (χ1) is 12.2. The molecule has 134 valence electrons. The van der Waals surface area contributed by atoms with E-state index in [1.165, 1.54) is 15.3 Å². The number of benzene rings is 2. The maximum Gasteiger partial charge on any atom is 0.200 e. The normalized spacial score (nSPS) is 13.0. The minimum absolute atomic E-state index is 0.0338. The van der Waals surface area contributed by atoms with Crippen LogP contribution in [0.15, 0.2) is 46.9 Å². The number of rotatable bonds is 3. The first kappa shape index (κ1) is 17.2. The van der Waals surface area contributed by atoms with Gasteiger partial charge in [-0.25, -0.2) is 9.97 Å². The summed E-state index contributed by atoms with van der Waals surface area (Å²) >= 11 is 1.79. The van der Waals surface area contributed by atoms with Gasteiger partial charge in [0.15, 0.2) is 5.58 Å². The lowest BCUT2D eigenvalue weighted by molar-refractivity contribution is 0.411. The quantitative estimate of drug-likeness (QED) is 0.431. The average molecular weight is 365 g/mol. The van der Waals surface area contributed by atoms with Crippen LogP contribution in [0.4, 0.5) is 0 Å². The molecule has 2 aromatic carbocycles. The minimum Gasteiger partial charge on any atom is -0.440 e. The van der Waals surface area contributed by atoms with Crippen LogP contribution in [0.2, 0.25) is 0 Å². The number of fused-ring (bicyclic) bond motifs is 2. The van der Waals surface area contributed by atoms with Gasteiger partial charge in [0.2, 0.25) is 5.89 Å². The highest BCUT2D eigenvalue weighted by Crippen LogP contribution is 2.35. The van der Waals surface area contributed by atoms with Crippen molar-refractivity contribution in [3.63, 3.8) is 0 Å². The smallest absolute Gasteiger partial charge is 0.200 e. The summed E-state index contributed by atoms with van der Waals surface area (Å²) in [6.07, 6.45) is 0.917. The molecule has 0 spiro atoms. The van der Waals surface area contributed by atoms with Crippen molar-refractivity contribution in [2.45, 2.75) is 51.9 Å². The van der Waals surface area contributed by atoms with E-state index >= 15 is 0 Å². The van der Waals surface area contributed by atoms with Crippen LogP contribution in [-0.4, -0.2) is 9.97 Å². The molecule has 0 aliphatic rings. The van der Waals surface area contributed by atoms with Crippen LogP contribution >= 0.6 is 11.3 Å². The minimum atomic E-state index is -0.0839. The Morgan fingerprint density at radius 3 is 2.42 bits per heavy atom. The molecular weight excluding hydrogens is 340 g/mol. The molecule has 2 aromatic heterocycles. The molecule has 0 atom stereocenters. The topological polar surface area (TPSA) is 38.9 Å². The van der Waals surface area contributed by atoms with Gasteiger partial charge in [0.05, 0.1) is 15.2 Å². The van der Waals surface area contributed by atoms with Crippen molar-refractivity contribution in [3.8, 4) is 0 Å². The van der Waals surface area contributed by atoms with Crippen molar-refractivity contribution in [3.05, 3.63) is 58.9 Å². The SMILES string of the molecule is CC(C)(C)c1nc2cc(CC(C)(C)c3nc4ccccc4s3)ccc2o1. The molecule has 0 bridgehead atoms. The molecule has 4 heteroatoms. The van der Waals surface area contributed by atoms with Gasteiger partial charge in [-0.1, -0.05) is 52.8 Å². The maximum absolute atomic E-state index is 5.92. The summed E-state index contributed by atoms with van der Waals surface area (Å²) in [5.74, 6) is 0.787.